The number of hydrogen-bond donors (Lipinski definition) is 1. The largest absolute Gasteiger partial charge is 0.459 e. The van der Waals surface area contributed by atoms with Crippen molar-refractivity contribution in [3.05, 3.63) is 71.2 Å². The second-order valence-electron chi connectivity index (χ2n) is 4.97. The van der Waals surface area contributed by atoms with Crippen molar-refractivity contribution in [3.8, 4) is 0 Å². The molecular formula is C17H16FNO. The van der Waals surface area contributed by atoms with Gasteiger partial charge in [0.05, 0.1) is 6.04 Å². The summed E-state index contributed by atoms with van der Waals surface area (Å²) in [4.78, 5) is 0. The number of aryl methyl sites for hydroxylation is 1. The van der Waals surface area contributed by atoms with E-state index in [1.807, 2.05) is 50.4 Å². The first-order valence-corrected chi connectivity index (χ1v) is 6.60. The van der Waals surface area contributed by atoms with Crippen LogP contribution in [0.2, 0.25) is 0 Å². The van der Waals surface area contributed by atoms with Gasteiger partial charge in [-0.1, -0.05) is 24.3 Å². The SMILES string of the molecule is CNC(c1cc(C)cc(F)c1)c1cc2ccccc2o1. The first-order valence-electron chi connectivity index (χ1n) is 6.60. The van der Waals surface area contributed by atoms with E-state index in [-0.39, 0.29) is 11.9 Å². The van der Waals surface area contributed by atoms with Crippen LogP contribution < -0.4 is 5.32 Å². The molecule has 0 amide bonds. The zero-order chi connectivity index (χ0) is 14.1. The Balaban J connectivity index is 2.08. The highest BCUT2D eigenvalue weighted by molar-refractivity contribution is 5.77. The van der Waals surface area contributed by atoms with Gasteiger partial charge in [0.1, 0.15) is 17.2 Å². The van der Waals surface area contributed by atoms with E-state index in [1.165, 1.54) is 6.07 Å². The summed E-state index contributed by atoms with van der Waals surface area (Å²) in [6, 6.07) is 14.7. The molecule has 0 saturated heterocycles. The summed E-state index contributed by atoms with van der Waals surface area (Å²) in [5.41, 5.74) is 2.61. The van der Waals surface area contributed by atoms with Gasteiger partial charge < -0.3 is 9.73 Å². The van der Waals surface area contributed by atoms with E-state index in [0.29, 0.717) is 0 Å². The van der Waals surface area contributed by atoms with Crippen LogP contribution in [0, 0.1) is 12.7 Å². The van der Waals surface area contributed by atoms with Gasteiger partial charge in [0.2, 0.25) is 0 Å². The fourth-order valence-electron chi connectivity index (χ4n) is 2.55. The Morgan fingerprint density at radius 3 is 2.60 bits per heavy atom. The quantitative estimate of drug-likeness (QED) is 0.771. The van der Waals surface area contributed by atoms with Gasteiger partial charge in [0, 0.05) is 5.39 Å². The van der Waals surface area contributed by atoms with E-state index < -0.39 is 0 Å². The van der Waals surface area contributed by atoms with Crippen LogP contribution in [0.4, 0.5) is 4.39 Å². The van der Waals surface area contributed by atoms with Crippen LogP contribution in [0.5, 0.6) is 0 Å². The van der Waals surface area contributed by atoms with Crippen molar-refractivity contribution < 1.29 is 8.81 Å². The number of halogens is 1. The summed E-state index contributed by atoms with van der Waals surface area (Å²) in [5, 5.41) is 4.24. The average molecular weight is 269 g/mol. The van der Waals surface area contributed by atoms with Crippen LogP contribution in [-0.2, 0) is 0 Å². The summed E-state index contributed by atoms with van der Waals surface area (Å²) < 4.78 is 19.5. The maximum Gasteiger partial charge on any atom is 0.134 e. The molecule has 0 fully saturated rings. The molecule has 0 radical (unpaired) electrons. The number of rotatable bonds is 3. The molecule has 3 aromatic rings. The smallest absolute Gasteiger partial charge is 0.134 e. The molecule has 0 aliphatic carbocycles. The molecule has 1 unspecified atom stereocenters. The minimum absolute atomic E-state index is 0.156. The van der Waals surface area contributed by atoms with Crippen molar-refractivity contribution in [2.24, 2.45) is 0 Å². The zero-order valence-corrected chi connectivity index (χ0v) is 11.5. The van der Waals surface area contributed by atoms with Gasteiger partial charge in [0.25, 0.3) is 0 Å². The predicted molar refractivity (Wildman–Crippen MR) is 78.3 cm³/mol. The number of fused-ring (bicyclic) bond motifs is 1. The Bertz CT molecular complexity index is 694. The number of nitrogens with one attached hydrogen (secondary N) is 1. The van der Waals surface area contributed by atoms with Crippen LogP contribution in [0.15, 0.2) is 52.9 Å². The lowest BCUT2D eigenvalue weighted by atomic mass is 10.0. The third-order valence-corrected chi connectivity index (χ3v) is 3.42. The molecule has 3 heteroatoms. The lowest BCUT2D eigenvalue weighted by molar-refractivity contribution is 0.489. The normalized spacial score (nSPS) is 12.8. The Morgan fingerprint density at radius 1 is 1.10 bits per heavy atom. The van der Waals surface area contributed by atoms with Crippen LogP contribution in [-0.4, -0.2) is 7.05 Å². The number of furan rings is 1. The first kappa shape index (κ1) is 12.9. The van der Waals surface area contributed by atoms with E-state index in [0.717, 1.165) is 27.9 Å². The van der Waals surface area contributed by atoms with Gasteiger partial charge in [-0.25, -0.2) is 4.39 Å². The first-order chi connectivity index (χ1) is 9.67. The summed E-state index contributed by atoms with van der Waals surface area (Å²) >= 11 is 0. The van der Waals surface area contributed by atoms with Crippen molar-refractivity contribution in [2.75, 3.05) is 7.05 Å². The Hall–Kier alpha value is -2.13. The Kier molecular flexibility index (Phi) is 3.28. The van der Waals surface area contributed by atoms with Gasteiger partial charge in [-0.15, -0.1) is 0 Å². The maximum absolute atomic E-state index is 13.6. The molecule has 2 nitrogen and oxygen atoms in total. The van der Waals surface area contributed by atoms with Crippen LogP contribution >= 0.6 is 0 Å². The van der Waals surface area contributed by atoms with Gasteiger partial charge in [-0.3, -0.25) is 0 Å². The topological polar surface area (TPSA) is 25.2 Å². The van der Waals surface area contributed by atoms with E-state index in [1.54, 1.807) is 6.07 Å². The monoisotopic (exact) mass is 269 g/mol. The minimum Gasteiger partial charge on any atom is -0.459 e. The van der Waals surface area contributed by atoms with E-state index in [4.69, 9.17) is 4.42 Å². The third-order valence-electron chi connectivity index (χ3n) is 3.42. The summed E-state index contributed by atoms with van der Waals surface area (Å²) in [7, 11) is 1.85. The Labute approximate surface area is 117 Å². The molecular weight excluding hydrogens is 253 g/mol. The number of hydrogen-bond acceptors (Lipinski definition) is 2. The van der Waals surface area contributed by atoms with E-state index in [2.05, 4.69) is 5.32 Å². The average Bonchev–Trinajstić information content (AvgIpc) is 2.81. The molecule has 1 heterocycles. The van der Waals surface area contributed by atoms with Crippen molar-refractivity contribution in [3.63, 3.8) is 0 Å². The van der Waals surface area contributed by atoms with Gasteiger partial charge in [0.15, 0.2) is 0 Å². The highest BCUT2D eigenvalue weighted by Crippen LogP contribution is 2.28. The molecule has 0 spiro atoms. The fourth-order valence-corrected chi connectivity index (χ4v) is 2.55. The molecule has 0 aliphatic rings. The summed E-state index contributed by atoms with van der Waals surface area (Å²) in [6.45, 7) is 1.89. The summed E-state index contributed by atoms with van der Waals surface area (Å²) in [5.74, 6) is 0.565. The molecule has 20 heavy (non-hydrogen) atoms. The molecule has 3 rings (SSSR count). The van der Waals surface area contributed by atoms with Crippen molar-refractivity contribution in [2.45, 2.75) is 13.0 Å². The molecule has 0 bridgehead atoms. The summed E-state index contributed by atoms with van der Waals surface area (Å²) in [6.07, 6.45) is 0. The number of benzene rings is 2. The van der Waals surface area contributed by atoms with Crippen LogP contribution in [0.25, 0.3) is 11.0 Å². The zero-order valence-electron chi connectivity index (χ0n) is 11.5. The van der Waals surface area contributed by atoms with Crippen LogP contribution in [0.3, 0.4) is 0 Å². The highest BCUT2D eigenvalue weighted by atomic mass is 19.1. The molecule has 102 valence electrons. The second kappa shape index (κ2) is 5.10. The standard InChI is InChI=1S/C17H16FNO/c1-11-7-13(9-14(18)8-11)17(19-2)16-10-12-5-3-4-6-15(12)20-16/h3-10,17,19H,1-2H3. The van der Waals surface area contributed by atoms with Crippen LogP contribution in [0.1, 0.15) is 22.9 Å². The van der Waals surface area contributed by atoms with E-state index >= 15 is 0 Å². The van der Waals surface area contributed by atoms with E-state index in [9.17, 15) is 4.39 Å². The predicted octanol–water partition coefficient (Wildman–Crippen LogP) is 4.19. The van der Waals surface area contributed by atoms with Gasteiger partial charge in [-0.05, 0) is 49.4 Å². The molecule has 0 saturated carbocycles. The minimum atomic E-state index is -0.226. The van der Waals surface area contributed by atoms with Crippen molar-refractivity contribution >= 4 is 11.0 Å². The maximum atomic E-state index is 13.6. The van der Waals surface area contributed by atoms with Gasteiger partial charge >= 0.3 is 0 Å². The lowest BCUT2D eigenvalue weighted by Crippen LogP contribution is -2.17. The lowest BCUT2D eigenvalue weighted by Gasteiger charge is -2.14. The molecule has 1 aromatic heterocycles. The molecule has 2 aromatic carbocycles. The number of para-hydroxylation sites is 1. The fraction of sp³-hybridized carbons (Fsp3) is 0.176. The van der Waals surface area contributed by atoms with Crippen molar-refractivity contribution in [1.29, 1.82) is 0 Å². The third kappa shape index (κ3) is 2.32. The molecule has 1 N–H and O–H groups in total. The highest BCUT2D eigenvalue weighted by Gasteiger charge is 2.17. The van der Waals surface area contributed by atoms with Crippen molar-refractivity contribution in [1.82, 2.24) is 5.32 Å². The Morgan fingerprint density at radius 2 is 1.90 bits per heavy atom. The molecule has 0 aliphatic heterocycles. The molecule has 1 atom stereocenters. The van der Waals surface area contributed by atoms with Gasteiger partial charge in [-0.2, -0.15) is 0 Å². The second-order valence-corrected chi connectivity index (χ2v) is 4.97.